The maximum Gasteiger partial charge on any atom is 0.251 e. The molecule has 1 aliphatic rings. The van der Waals surface area contributed by atoms with Crippen molar-refractivity contribution in [1.82, 2.24) is 0 Å². The van der Waals surface area contributed by atoms with E-state index in [-0.39, 0.29) is 18.3 Å². The predicted octanol–water partition coefficient (Wildman–Crippen LogP) is 6.45. The first-order valence-corrected chi connectivity index (χ1v) is 12.3. The van der Waals surface area contributed by atoms with Crippen molar-refractivity contribution in [1.29, 1.82) is 0 Å². The van der Waals surface area contributed by atoms with Gasteiger partial charge in [-0.25, -0.2) is 0 Å². The molecule has 5 atom stereocenters. The van der Waals surface area contributed by atoms with Crippen LogP contribution in [0.25, 0.3) is 0 Å². The predicted molar refractivity (Wildman–Crippen MR) is 136 cm³/mol. The van der Waals surface area contributed by atoms with Crippen LogP contribution in [-0.4, -0.2) is 44.5 Å². The zero-order chi connectivity index (χ0) is 25.6. The topological polar surface area (TPSA) is 75.6 Å². The highest BCUT2D eigenvalue weighted by Crippen LogP contribution is 2.39. The molecule has 1 fully saturated rings. The fourth-order valence-corrected chi connectivity index (χ4v) is 4.58. The van der Waals surface area contributed by atoms with Gasteiger partial charge >= 0.3 is 0 Å². The molecule has 7 nitrogen and oxygen atoms in total. The van der Waals surface area contributed by atoms with Gasteiger partial charge in [0.05, 0.1) is 24.9 Å². The van der Waals surface area contributed by atoms with Crippen LogP contribution in [0.5, 0.6) is 5.75 Å². The van der Waals surface area contributed by atoms with Crippen molar-refractivity contribution in [3.8, 4) is 5.75 Å². The Balaban J connectivity index is 1.78. The van der Waals surface area contributed by atoms with Crippen LogP contribution in [0, 0.1) is 4.91 Å². The van der Waals surface area contributed by atoms with E-state index in [9.17, 15) is 4.91 Å². The molecule has 35 heavy (non-hydrogen) atoms. The summed E-state index contributed by atoms with van der Waals surface area (Å²) in [6, 6.07) is 14.0. The molecule has 0 radical (unpaired) electrons. The van der Waals surface area contributed by atoms with Crippen molar-refractivity contribution in [3.63, 3.8) is 0 Å². The van der Waals surface area contributed by atoms with Crippen molar-refractivity contribution < 1.29 is 23.7 Å². The normalized spacial score (nSPS) is 23.8. The molecule has 192 valence electrons. The Kier molecular flexibility index (Phi) is 9.29. The lowest BCUT2D eigenvalue weighted by Crippen LogP contribution is -2.55. The minimum Gasteiger partial charge on any atom is -0.494 e. The Bertz CT molecular complexity index is 986. The molecule has 0 aromatic heterocycles. The van der Waals surface area contributed by atoms with Gasteiger partial charge in [-0.1, -0.05) is 35.9 Å². The molecule has 2 aromatic carbocycles. The van der Waals surface area contributed by atoms with Gasteiger partial charge in [-0.05, 0) is 80.6 Å². The first-order chi connectivity index (χ1) is 16.7. The Morgan fingerprint density at radius 1 is 1.09 bits per heavy atom. The quantitative estimate of drug-likeness (QED) is 0.258. The van der Waals surface area contributed by atoms with Crippen molar-refractivity contribution in [3.05, 3.63) is 69.1 Å². The summed E-state index contributed by atoms with van der Waals surface area (Å²) < 4.78 is 29.1. The molecule has 0 amide bonds. The van der Waals surface area contributed by atoms with E-state index in [2.05, 4.69) is 23.4 Å². The summed E-state index contributed by atoms with van der Waals surface area (Å²) in [5.74, 6) is -0.502. The fourth-order valence-electron chi connectivity index (χ4n) is 4.40. The lowest BCUT2D eigenvalue weighted by atomic mass is 9.93. The van der Waals surface area contributed by atoms with Gasteiger partial charge in [0.1, 0.15) is 5.75 Å². The summed E-state index contributed by atoms with van der Waals surface area (Å²) >= 11 is 6.55. The lowest BCUT2D eigenvalue weighted by molar-refractivity contribution is -0.326. The van der Waals surface area contributed by atoms with Gasteiger partial charge in [-0.2, -0.15) is 0 Å². The summed E-state index contributed by atoms with van der Waals surface area (Å²) in [5, 5.41) is 3.85. The Labute approximate surface area is 213 Å². The number of benzene rings is 2. The fraction of sp³-hybridized carbons (Fsp3) is 0.556. The molecule has 0 bridgehead atoms. The molecule has 1 saturated heterocycles. The van der Waals surface area contributed by atoms with Crippen LogP contribution in [0.3, 0.4) is 0 Å². The number of rotatable bonds is 11. The SMILES string of the molecule is CCOc1ccc(Cc2cc([C@H]3C[C@@H](OC(C)(OC)C(C)(N=O)OC)C[C@@H](C)O3)ccc2Cl)cc1. The number of halogens is 1. The van der Waals surface area contributed by atoms with E-state index in [1.165, 1.54) is 14.2 Å². The molecule has 0 spiro atoms. The Hall–Kier alpha value is -2.03. The number of nitroso groups, excluding NO2 is 1. The minimum atomic E-state index is -1.50. The number of hydrogen-bond donors (Lipinski definition) is 0. The smallest absolute Gasteiger partial charge is 0.251 e. The molecule has 2 aromatic rings. The van der Waals surface area contributed by atoms with Gasteiger partial charge in [0.15, 0.2) is 0 Å². The zero-order valence-electron chi connectivity index (χ0n) is 21.4. The number of ether oxygens (including phenoxy) is 5. The molecule has 1 aliphatic heterocycles. The van der Waals surface area contributed by atoms with Crippen molar-refractivity contribution >= 4 is 11.6 Å². The van der Waals surface area contributed by atoms with E-state index < -0.39 is 11.5 Å². The van der Waals surface area contributed by atoms with Crippen molar-refractivity contribution in [2.24, 2.45) is 5.18 Å². The minimum absolute atomic E-state index is 0.0527. The van der Waals surface area contributed by atoms with E-state index in [1.807, 2.05) is 38.1 Å². The van der Waals surface area contributed by atoms with E-state index >= 15 is 0 Å². The number of nitrogens with zero attached hydrogens (tertiary/aromatic N) is 1. The first-order valence-electron chi connectivity index (χ1n) is 11.9. The van der Waals surface area contributed by atoms with Crippen LogP contribution in [0.4, 0.5) is 0 Å². The largest absolute Gasteiger partial charge is 0.494 e. The van der Waals surface area contributed by atoms with Gasteiger partial charge in [0, 0.05) is 25.7 Å². The van der Waals surface area contributed by atoms with Gasteiger partial charge in [0.25, 0.3) is 5.72 Å². The molecule has 3 rings (SSSR count). The average Bonchev–Trinajstić information content (AvgIpc) is 2.85. The highest BCUT2D eigenvalue weighted by Gasteiger charge is 2.51. The second-order valence-electron chi connectivity index (χ2n) is 9.18. The van der Waals surface area contributed by atoms with Crippen LogP contribution in [0.1, 0.15) is 63.3 Å². The third kappa shape index (κ3) is 6.40. The molecule has 8 heteroatoms. The highest BCUT2D eigenvalue weighted by molar-refractivity contribution is 6.31. The van der Waals surface area contributed by atoms with E-state index in [4.69, 9.17) is 35.3 Å². The summed E-state index contributed by atoms with van der Waals surface area (Å²) in [6.07, 6.45) is 1.46. The maximum absolute atomic E-state index is 11.5. The monoisotopic (exact) mass is 505 g/mol. The summed E-state index contributed by atoms with van der Waals surface area (Å²) in [4.78, 5) is 11.5. The van der Waals surface area contributed by atoms with Crippen LogP contribution in [0.15, 0.2) is 47.6 Å². The Morgan fingerprint density at radius 2 is 1.80 bits per heavy atom. The van der Waals surface area contributed by atoms with Crippen LogP contribution in [0.2, 0.25) is 5.02 Å². The molecule has 0 N–H and O–H groups in total. The number of methoxy groups -OCH3 is 2. The standard InChI is InChI=1S/C27H36ClNO6/c1-7-33-22-11-8-19(9-12-22)15-21-16-20(10-13-24(21)28)25-17-23(14-18(2)34-25)35-27(4,32-6)26(3,29-30)31-5/h8-13,16,18,23,25H,7,14-15,17H2,1-6H3/t18-,23+,25-,26?,27?/m1/s1. The average molecular weight is 506 g/mol. The van der Waals surface area contributed by atoms with E-state index in [0.29, 0.717) is 30.9 Å². The molecule has 0 aliphatic carbocycles. The molecular formula is C27H36ClNO6. The van der Waals surface area contributed by atoms with E-state index in [1.54, 1.807) is 13.8 Å². The molecule has 1 heterocycles. The molecule has 2 unspecified atom stereocenters. The van der Waals surface area contributed by atoms with Gasteiger partial charge < -0.3 is 23.7 Å². The third-order valence-corrected chi connectivity index (χ3v) is 7.10. The van der Waals surface area contributed by atoms with Gasteiger partial charge in [-0.3, -0.25) is 0 Å². The lowest BCUT2D eigenvalue weighted by Gasteiger charge is -2.43. The zero-order valence-corrected chi connectivity index (χ0v) is 22.1. The van der Waals surface area contributed by atoms with Gasteiger partial charge in [-0.15, -0.1) is 4.91 Å². The highest BCUT2D eigenvalue weighted by atomic mass is 35.5. The van der Waals surface area contributed by atoms with Gasteiger partial charge in [0.2, 0.25) is 5.79 Å². The molecule has 0 saturated carbocycles. The summed E-state index contributed by atoms with van der Waals surface area (Å²) in [6.45, 7) is 7.84. The summed E-state index contributed by atoms with van der Waals surface area (Å²) in [5.41, 5.74) is 1.69. The van der Waals surface area contributed by atoms with Crippen molar-refractivity contribution in [2.45, 2.75) is 76.8 Å². The van der Waals surface area contributed by atoms with E-state index in [0.717, 1.165) is 22.4 Å². The van der Waals surface area contributed by atoms with Crippen molar-refractivity contribution in [2.75, 3.05) is 20.8 Å². The van der Waals surface area contributed by atoms with Crippen LogP contribution < -0.4 is 4.74 Å². The summed E-state index contributed by atoms with van der Waals surface area (Å²) in [7, 11) is 2.89. The van der Waals surface area contributed by atoms with Crippen LogP contribution >= 0.6 is 11.6 Å². The Morgan fingerprint density at radius 3 is 2.40 bits per heavy atom. The number of hydrogen-bond acceptors (Lipinski definition) is 7. The second kappa shape index (κ2) is 11.8. The molecular weight excluding hydrogens is 470 g/mol. The first kappa shape index (κ1) is 27.6. The van der Waals surface area contributed by atoms with Crippen LogP contribution in [-0.2, 0) is 25.4 Å². The second-order valence-corrected chi connectivity index (χ2v) is 9.59. The maximum atomic E-state index is 11.5. The third-order valence-electron chi connectivity index (χ3n) is 6.73.